The van der Waals surface area contributed by atoms with Crippen molar-refractivity contribution in [3.63, 3.8) is 0 Å². The number of benzene rings is 1. The second-order valence-electron chi connectivity index (χ2n) is 4.57. The summed E-state index contributed by atoms with van der Waals surface area (Å²) in [6.45, 7) is 2.93. The molecule has 1 saturated heterocycles. The molecule has 5 nitrogen and oxygen atoms in total. The lowest BCUT2D eigenvalue weighted by molar-refractivity contribution is 0.103. The number of aryl methyl sites for hydroxylation is 1. The Balaban J connectivity index is 2.25. The van der Waals surface area contributed by atoms with E-state index in [0.29, 0.717) is 23.7 Å². The van der Waals surface area contributed by atoms with Crippen molar-refractivity contribution in [2.24, 2.45) is 0 Å². The number of hydrogen-bond acceptors (Lipinski definition) is 4. The van der Waals surface area contributed by atoms with Crippen LogP contribution in [0.3, 0.4) is 0 Å². The van der Waals surface area contributed by atoms with Crippen LogP contribution in [0.15, 0.2) is 23.1 Å². The predicted molar refractivity (Wildman–Crippen MR) is 74.0 cm³/mol. The first-order valence-electron chi connectivity index (χ1n) is 5.96. The maximum absolute atomic E-state index is 12.4. The Bertz CT molecular complexity index is 562. The van der Waals surface area contributed by atoms with Gasteiger partial charge in [0.1, 0.15) is 0 Å². The molecule has 2 atom stereocenters. The van der Waals surface area contributed by atoms with E-state index in [0.717, 1.165) is 0 Å². The molecule has 0 saturated carbocycles. The van der Waals surface area contributed by atoms with E-state index in [4.69, 9.17) is 16.3 Å². The van der Waals surface area contributed by atoms with Crippen LogP contribution in [0.4, 0.5) is 0 Å². The molecule has 0 bridgehead atoms. The molecule has 0 spiro atoms. The zero-order chi connectivity index (χ0) is 14.0. The largest absolute Gasteiger partial charge is 0.378 e. The summed E-state index contributed by atoms with van der Waals surface area (Å²) in [7, 11) is -2.02. The van der Waals surface area contributed by atoms with Gasteiger partial charge in [-0.05, 0) is 24.6 Å². The fourth-order valence-electron chi connectivity index (χ4n) is 2.15. The molecule has 0 aliphatic carbocycles. The standard InChI is InChI=1S/C12H17ClN2O3S/c1-8-3-4-9(13)5-12(8)19(16,17)15-10-6-14-7-11(10)18-2/h3-5,10-11,14-15H,6-7H2,1-2H3/t10?,11-/m0/s1. The summed E-state index contributed by atoms with van der Waals surface area (Å²) in [5.74, 6) is 0. The highest BCUT2D eigenvalue weighted by molar-refractivity contribution is 7.89. The monoisotopic (exact) mass is 304 g/mol. The van der Waals surface area contributed by atoms with E-state index in [-0.39, 0.29) is 17.0 Å². The topological polar surface area (TPSA) is 67.4 Å². The van der Waals surface area contributed by atoms with E-state index in [9.17, 15) is 8.42 Å². The lowest BCUT2D eigenvalue weighted by atomic mass is 10.2. The highest BCUT2D eigenvalue weighted by atomic mass is 35.5. The van der Waals surface area contributed by atoms with Gasteiger partial charge < -0.3 is 10.1 Å². The second-order valence-corrected chi connectivity index (χ2v) is 6.69. The third kappa shape index (κ3) is 3.27. The van der Waals surface area contributed by atoms with Crippen LogP contribution in [0.5, 0.6) is 0 Å². The van der Waals surface area contributed by atoms with Crippen molar-refractivity contribution in [3.8, 4) is 0 Å². The van der Waals surface area contributed by atoms with Crippen molar-refractivity contribution < 1.29 is 13.2 Å². The number of methoxy groups -OCH3 is 1. The van der Waals surface area contributed by atoms with Crippen LogP contribution in [0.2, 0.25) is 5.02 Å². The number of ether oxygens (including phenoxy) is 1. The first-order valence-corrected chi connectivity index (χ1v) is 7.82. The van der Waals surface area contributed by atoms with Crippen molar-refractivity contribution in [1.82, 2.24) is 10.0 Å². The predicted octanol–water partition coefficient (Wildman–Crippen LogP) is 0.914. The number of nitrogens with one attached hydrogen (secondary N) is 2. The van der Waals surface area contributed by atoms with Gasteiger partial charge in [0, 0.05) is 25.2 Å². The smallest absolute Gasteiger partial charge is 0.241 e. The fraction of sp³-hybridized carbons (Fsp3) is 0.500. The zero-order valence-electron chi connectivity index (χ0n) is 10.8. The highest BCUT2D eigenvalue weighted by Gasteiger charge is 2.31. The van der Waals surface area contributed by atoms with Crippen LogP contribution < -0.4 is 10.0 Å². The van der Waals surface area contributed by atoms with Crippen LogP contribution in [0.1, 0.15) is 5.56 Å². The summed E-state index contributed by atoms with van der Waals surface area (Å²) < 4.78 is 32.6. The van der Waals surface area contributed by atoms with E-state index < -0.39 is 10.0 Å². The lowest BCUT2D eigenvalue weighted by Crippen LogP contribution is -2.43. The maximum atomic E-state index is 12.4. The molecule has 7 heteroatoms. The van der Waals surface area contributed by atoms with Gasteiger partial charge in [-0.1, -0.05) is 17.7 Å². The number of halogens is 1. The molecule has 0 amide bonds. The highest BCUT2D eigenvalue weighted by Crippen LogP contribution is 2.21. The third-order valence-corrected chi connectivity index (χ3v) is 5.07. The second kappa shape index (κ2) is 5.76. The normalized spacial score (nSPS) is 23.7. The molecule has 2 N–H and O–H groups in total. The van der Waals surface area contributed by atoms with Crippen LogP contribution >= 0.6 is 11.6 Å². The fourth-order valence-corrected chi connectivity index (χ4v) is 3.92. The molecule has 1 aliphatic rings. The molecule has 0 radical (unpaired) electrons. The average molecular weight is 305 g/mol. The molecule has 19 heavy (non-hydrogen) atoms. The first-order chi connectivity index (χ1) is 8.94. The molecule has 106 valence electrons. The Kier molecular flexibility index (Phi) is 4.47. The lowest BCUT2D eigenvalue weighted by Gasteiger charge is -2.19. The van der Waals surface area contributed by atoms with Gasteiger partial charge in [0.15, 0.2) is 0 Å². The SMILES string of the molecule is CO[C@H]1CNCC1NS(=O)(=O)c1cc(Cl)ccc1C. The minimum atomic E-state index is -3.59. The minimum absolute atomic E-state index is 0.158. The minimum Gasteiger partial charge on any atom is -0.378 e. The Morgan fingerprint density at radius 1 is 1.42 bits per heavy atom. The number of rotatable bonds is 4. The van der Waals surface area contributed by atoms with Crippen molar-refractivity contribution in [3.05, 3.63) is 28.8 Å². The van der Waals surface area contributed by atoms with Crippen LogP contribution in [-0.4, -0.2) is 40.8 Å². The average Bonchev–Trinajstić information content (AvgIpc) is 2.78. The van der Waals surface area contributed by atoms with Gasteiger partial charge in [-0.25, -0.2) is 13.1 Å². The summed E-state index contributed by atoms with van der Waals surface area (Å²) in [6, 6.07) is 4.56. The Morgan fingerprint density at radius 2 is 2.16 bits per heavy atom. The van der Waals surface area contributed by atoms with Gasteiger partial charge in [-0.15, -0.1) is 0 Å². The van der Waals surface area contributed by atoms with E-state index in [1.807, 2.05) is 0 Å². The van der Waals surface area contributed by atoms with Crippen LogP contribution in [0.25, 0.3) is 0 Å². The van der Waals surface area contributed by atoms with Gasteiger partial charge in [0.25, 0.3) is 0 Å². The quantitative estimate of drug-likeness (QED) is 0.868. The molecule has 1 fully saturated rings. The molecule has 1 aliphatic heterocycles. The summed E-state index contributed by atoms with van der Waals surface area (Å²) >= 11 is 5.87. The van der Waals surface area contributed by atoms with Crippen molar-refractivity contribution in [2.45, 2.75) is 24.0 Å². The summed E-state index contributed by atoms with van der Waals surface area (Å²) in [6.07, 6.45) is -0.158. The molecule has 1 aromatic carbocycles. The van der Waals surface area contributed by atoms with E-state index in [2.05, 4.69) is 10.0 Å². The molecule has 1 unspecified atom stereocenters. The first kappa shape index (κ1) is 14.7. The van der Waals surface area contributed by atoms with E-state index >= 15 is 0 Å². The van der Waals surface area contributed by atoms with E-state index in [1.54, 1.807) is 26.2 Å². The molecule has 1 aromatic rings. The van der Waals surface area contributed by atoms with Crippen LogP contribution in [0, 0.1) is 6.92 Å². The third-order valence-electron chi connectivity index (χ3n) is 3.21. The summed E-state index contributed by atoms with van der Waals surface area (Å²) in [4.78, 5) is 0.210. The Hall–Kier alpha value is -0.660. The van der Waals surface area contributed by atoms with Crippen LogP contribution in [-0.2, 0) is 14.8 Å². The summed E-state index contributed by atoms with van der Waals surface area (Å²) in [5, 5.41) is 3.50. The molecular formula is C12H17ClN2O3S. The molecule has 0 aromatic heterocycles. The molecule has 2 rings (SSSR count). The van der Waals surface area contributed by atoms with Crippen molar-refractivity contribution in [1.29, 1.82) is 0 Å². The maximum Gasteiger partial charge on any atom is 0.241 e. The van der Waals surface area contributed by atoms with Gasteiger partial charge >= 0.3 is 0 Å². The zero-order valence-corrected chi connectivity index (χ0v) is 12.4. The van der Waals surface area contributed by atoms with E-state index in [1.165, 1.54) is 6.07 Å². The van der Waals surface area contributed by atoms with Gasteiger partial charge in [-0.3, -0.25) is 0 Å². The van der Waals surface area contributed by atoms with Crippen molar-refractivity contribution >= 4 is 21.6 Å². The Morgan fingerprint density at radius 3 is 2.84 bits per heavy atom. The Labute approximate surface area is 118 Å². The molecular weight excluding hydrogens is 288 g/mol. The van der Waals surface area contributed by atoms with Gasteiger partial charge in [0.05, 0.1) is 17.0 Å². The number of sulfonamides is 1. The summed E-state index contributed by atoms with van der Waals surface area (Å²) in [5.41, 5.74) is 0.664. The van der Waals surface area contributed by atoms with Crippen molar-refractivity contribution in [2.75, 3.05) is 20.2 Å². The van der Waals surface area contributed by atoms with Gasteiger partial charge in [-0.2, -0.15) is 0 Å². The number of hydrogen-bond donors (Lipinski definition) is 2. The van der Waals surface area contributed by atoms with Gasteiger partial charge in [0.2, 0.25) is 10.0 Å². The molecule has 1 heterocycles.